The van der Waals surface area contributed by atoms with Crippen LogP contribution in [0.3, 0.4) is 0 Å². The number of carbonyl (C=O) groups excluding carboxylic acids is 2. The Labute approximate surface area is 161 Å². The van der Waals surface area contributed by atoms with Crippen molar-refractivity contribution < 1.29 is 14.3 Å². The molecule has 0 spiro atoms. The van der Waals surface area contributed by atoms with Crippen LogP contribution in [-0.2, 0) is 18.3 Å². The van der Waals surface area contributed by atoms with Gasteiger partial charge in [-0.1, -0.05) is 30.3 Å². The normalized spacial score (nSPS) is 16.4. The molecule has 9 heteroatoms. The first-order chi connectivity index (χ1) is 13.5. The Kier molecular flexibility index (Phi) is 4.64. The molecule has 0 bridgehead atoms. The number of H-pyrrole nitrogens is 1. The van der Waals surface area contributed by atoms with Gasteiger partial charge in [0, 0.05) is 26.9 Å². The lowest BCUT2D eigenvalue weighted by Gasteiger charge is -2.17. The summed E-state index contributed by atoms with van der Waals surface area (Å²) in [7, 11) is 3.39. The molecule has 0 unspecified atom stereocenters. The lowest BCUT2D eigenvalue weighted by molar-refractivity contribution is -0.122. The lowest BCUT2D eigenvalue weighted by atomic mass is 10.0. The number of hydrogen-bond acceptors (Lipinski definition) is 6. The van der Waals surface area contributed by atoms with Crippen molar-refractivity contribution >= 4 is 17.4 Å². The molecule has 0 fully saturated rings. The number of ether oxygens (including phenoxy) is 1. The standard InChI is InChI=1S/C19H20N6O3/c1-24-14-10-20-25(2)19(14)28-11-13(18(24)27)9-15(26)17-21-16(22-23-17)8-12-6-4-3-5-7-12/h3-7,10,13H,8-9,11H2,1-2H3,(H,21,22,23)/t13-/m0/s1. The molecule has 0 saturated carbocycles. The molecule has 3 heterocycles. The molecule has 1 aliphatic heterocycles. The summed E-state index contributed by atoms with van der Waals surface area (Å²) in [6.45, 7) is 0.0999. The minimum Gasteiger partial charge on any atom is -0.475 e. The minimum absolute atomic E-state index is 0.0206. The summed E-state index contributed by atoms with van der Waals surface area (Å²) in [6.07, 6.45) is 2.10. The molecule has 3 aromatic rings. The number of hydrogen-bond donors (Lipinski definition) is 1. The van der Waals surface area contributed by atoms with Crippen LogP contribution in [0.1, 0.15) is 28.4 Å². The summed E-state index contributed by atoms with van der Waals surface area (Å²) in [6, 6.07) is 9.79. The highest BCUT2D eigenvalue weighted by Crippen LogP contribution is 2.31. The van der Waals surface area contributed by atoms with E-state index in [0.29, 0.717) is 23.8 Å². The van der Waals surface area contributed by atoms with Crippen LogP contribution < -0.4 is 9.64 Å². The highest BCUT2D eigenvalue weighted by molar-refractivity contribution is 6.01. The number of nitrogens with one attached hydrogen (secondary N) is 1. The molecule has 1 atom stereocenters. The molecule has 9 nitrogen and oxygen atoms in total. The molecule has 28 heavy (non-hydrogen) atoms. The molecule has 0 aliphatic carbocycles. The highest BCUT2D eigenvalue weighted by Gasteiger charge is 2.33. The first kappa shape index (κ1) is 17.9. The van der Waals surface area contributed by atoms with Gasteiger partial charge in [0.05, 0.1) is 12.1 Å². The number of carbonyl (C=O) groups is 2. The van der Waals surface area contributed by atoms with Crippen LogP contribution in [0.25, 0.3) is 0 Å². The third-order valence-electron chi connectivity index (χ3n) is 4.76. The third kappa shape index (κ3) is 3.38. The predicted octanol–water partition coefficient (Wildman–Crippen LogP) is 1.37. The third-order valence-corrected chi connectivity index (χ3v) is 4.76. The number of aromatic nitrogens is 5. The SMILES string of the molecule is CN1C(=O)[C@@H](CC(=O)c2n[nH]c(Cc3ccccc3)n2)COc2c1cnn2C. The second-order valence-corrected chi connectivity index (χ2v) is 6.76. The molecule has 2 aromatic heterocycles. The van der Waals surface area contributed by atoms with Gasteiger partial charge in [-0.2, -0.15) is 10.2 Å². The molecule has 1 aliphatic rings. The lowest BCUT2D eigenvalue weighted by Crippen LogP contribution is -2.35. The first-order valence-corrected chi connectivity index (χ1v) is 8.93. The van der Waals surface area contributed by atoms with E-state index in [9.17, 15) is 9.59 Å². The van der Waals surface area contributed by atoms with Gasteiger partial charge in [-0.05, 0) is 5.56 Å². The summed E-state index contributed by atoms with van der Waals surface area (Å²) in [4.78, 5) is 31.1. The van der Waals surface area contributed by atoms with Crippen LogP contribution in [0.5, 0.6) is 5.88 Å². The van der Waals surface area contributed by atoms with Crippen molar-refractivity contribution in [2.75, 3.05) is 18.6 Å². The van der Waals surface area contributed by atoms with Crippen molar-refractivity contribution in [3.63, 3.8) is 0 Å². The Morgan fingerprint density at radius 3 is 2.86 bits per heavy atom. The van der Waals surface area contributed by atoms with E-state index in [2.05, 4.69) is 20.3 Å². The van der Waals surface area contributed by atoms with Gasteiger partial charge in [0.15, 0.2) is 0 Å². The van der Waals surface area contributed by atoms with Crippen LogP contribution in [0.2, 0.25) is 0 Å². The largest absolute Gasteiger partial charge is 0.475 e. The fourth-order valence-corrected chi connectivity index (χ4v) is 3.21. The minimum atomic E-state index is -0.610. The summed E-state index contributed by atoms with van der Waals surface area (Å²) >= 11 is 0. The number of aromatic amines is 1. The summed E-state index contributed by atoms with van der Waals surface area (Å²) in [5.74, 6) is 0.100. The molecule has 1 amide bonds. The van der Waals surface area contributed by atoms with Crippen LogP contribution >= 0.6 is 0 Å². The average Bonchev–Trinajstić information content (AvgIpc) is 3.28. The molecule has 1 N–H and O–H groups in total. The van der Waals surface area contributed by atoms with E-state index in [1.54, 1.807) is 25.0 Å². The van der Waals surface area contributed by atoms with Gasteiger partial charge in [-0.3, -0.25) is 14.7 Å². The van der Waals surface area contributed by atoms with Gasteiger partial charge < -0.3 is 9.64 Å². The van der Waals surface area contributed by atoms with Gasteiger partial charge >= 0.3 is 0 Å². The number of aryl methyl sites for hydroxylation is 1. The Morgan fingerprint density at radius 1 is 1.29 bits per heavy atom. The maximum absolute atomic E-state index is 12.7. The second-order valence-electron chi connectivity index (χ2n) is 6.76. The zero-order valence-corrected chi connectivity index (χ0v) is 15.6. The Balaban J connectivity index is 1.44. The molecule has 4 rings (SSSR count). The molecule has 1 aromatic carbocycles. The van der Waals surface area contributed by atoms with Crippen LogP contribution in [0.4, 0.5) is 5.69 Å². The van der Waals surface area contributed by atoms with Crippen molar-refractivity contribution in [3.8, 4) is 5.88 Å². The summed E-state index contributed by atoms with van der Waals surface area (Å²) in [5.41, 5.74) is 1.66. The fraction of sp³-hybridized carbons (Fsp3) is 0.316. The van der Waals surface area contributed by atoms with E-state index in [1.807, 2.05) is 30.3 Å². The summed E-state index contributed by atoms with van der Waals surface area (Å²) < 4.78 is 7.29. The summed E-state index contributed by atoms with van der Waals surface area (Å²) in [5, 5.41) is 10.9. The number of benzene rings is 1. The van der Waals surface area contributed by atoms with Gasteiger partial charge in [0.2, 0.25) is 23.4 Å². The van der Waals surface area contributed by atoms with E-state index < -0.39 is 5.92 Å². The van der Waals surface area contributed by atoms with Crippen molar-refractivity contribution in [2.24, 2.45) is 13.0 Å². The number of fused-ring (bicyclic) bond motifs is 1. The van der Waals surface area contributed by atoms with Gasteiger partial charge in [-0.15, -0.1) is 0 Å². The van der Waals surface area contributed by atoms with E-state index >= 15 is 0 Å². The van der Waals surface area contributed by atoms with E-state index in [-0.39, 0.29) is 30.5 Å². The number of ketones is 1. The fourth-order valence-electron chi connectivity index (χ4n) is 3.21. The van der Waals surface area contributed by atoms with Crippen LogP contribution in [-0.4, -0.2) is 50.3 Å². The topological polar surface area (TPSA) is 106 Å². The Bertz CT molecular complexity index is 1010. The molecule has 0 radical (unpaired) electrons. The van der Waals surface area contributed by atoms with Crippen molar-refractivity contribution in [3.05, 3.63) is 53.7 Å². The Hall–Kier alpha value is -3.49. The molecular weight excluding hydrogens is 360 g/mol. The molecule has 144 valence electrons. The maximum Gasteiger partial charge on any atom is 0.236 e. The van der Waals surface area contributed by atoms with Gasteiger partial charge in [-0.25, -0.2) is 9.67 Å². The first-order valence-electron chi connectivity index (χ1n) is 8.93. The number of rotatable bonds is 5. The second kappa shape index (κ2) is 7.26. The van der Waals surface area contributed by atoms with Gasteiger partial charge in [0.1, 0.15) is 18.1 Å². The predicted molar refractivity (Wildman–Crippen MR) is 100 cm³/mol. The quantitative estimate of drug-likeness (QED) is 0.670. The van der Waals surface area contributed by atoms with E-state index in [4.69, 9.17) is 4.74 Å². The van der Waals surface area contributed by atoms with Crippen LogP contribution in [0.15, 0.2) is 36.5 Å². The molecular formula is C19H20N6O3. The smallest absolute Gasteiger partial charge is 0.236 e. The van der Waals surface area contributed by atoms with Crippen LogP contribution in [0, 0.1) is 5.92 Å². The van der Waals surface area contributed by atoms with Crippen molar-refractivity contribution in [1.29, 1.82) is 0 Å². The number of amides is 1. The Morgan fingerprint density at radius 2 is 2.07 bits per heavy atom. The van der Waals surface area contributed by atoms with E-state index in [0.717, 1.165) is 5.56 Å². The average molecular weight is 380 g/mol. The highest BCUT2D eigenvalue weighted by atomic mass is 16.5. The number of nitrogens with zero attached hydrogens (tertiary/aromatic N) is 5. The number of Topliss-reactive ketones (excluding diaryl/α,β-unsaturated/α-hetero) is 1. The van der Waals surface area contributed by atoms with Crippen molar-refractivity contribution in [1.82, 2.24) is 25.0 Å². The zero-order valence-electron chi connectivity index (χ0n) is 15.6. The monoisotopic (exact) mass is 380 g/mol. The van der Waals surface area contributed by atoms with Gasteiger partial charge in [0.25, 0.3) is 0 Å². The van der Waals surface area contributed by atoms with Crippen molar-refractivity contribution in [2.45, 2.75) is 12.8 Å². The van der Waals surface area contributed by atoms with E-state index in [1.165, 1.54) is 4.90 Å². The number of anilines is 1. The zero-order chi connectivity index (χ0) is 19.7. The maximum atomic E-state index is 12.7. The molecule has 0 saturated heterocycles.